The Hall–Kier alpha value is -3.87. The van der Waals surface area contributed by atoms with Gasteiger partial charge in [0.05, 0.1) is 28.5 Å². The van der Waals surface area contributed by atoms with Crippen LogP contribution in [0.3, 0.4) is 0 Å². The first-order valence-corrected chi connectivity index (χ1v) is 11.7. The highest BCUT2D eigenvalue weighted by atomic mass is 19.4. The quantitative estimate of drug-likeness (QED) is 0.631. The lowest BCUT2D eigenvalue weighted by atomic mass is 9.77. The van der Waals surface area contributed by atoms with E-state index in [0.29, 0.717) is 17.7 Å². The Bertz CT molecular complexity index is 1420. The minimum absolute atomic E-state index is 0.122. The van der Waals surface area contributed by atoms with Gasteiger partial charge in [-0.25, -0.2) is 4.79 Å². The fourth-order valence-corrected chi connectivity index (χ4v) is 5.19. The van der Waals surface area contributed by atoms with Crippen molar-refractivity contribution in [2.75, 3.05) is 5.01 Å². The number of aromatic amines is 1. The molecule has 2 atom stereocenters. The Labute approximate surface area is 205 Å². The highest BCUT2D eigenvalue weighted by Crippen LogP contribution is 2.44. The zero-order valence-electron chi connectivity index (χ0n) is 20.2. The second-order valence-electron chi connectivity index (χ2n) is 9.16. The van der Waals surface area contributed by atoms with Crippen molar-refractivity contribution < 1.29 is 13.2 Å². The standard InChI is InChI=1S/C26H26F3N5O2/c1-4-6-19-15-31-34(20-11-9-17(14-30)10-12-20)25(19,3)22-16(2)33(24(36)32-23(22)35)21-8-5-7-18(13-21)26(27,28)29/h7,9-13,15,19H,4-6,8H2,1-3H3,(H,32,35,36). The van der Waals surface area contributed by atoms with E-state index in [2.05, 4.69) is 16.2 Å². The van der Waals surface area contributed by atoms with Crippen molar-refractivity contribution in [3.05, 3.63) is 79.6 Å². The van der Waals surface area contributed by atoms with Gasteiger partial charge in [0.2, 0.25) is 0 Å². The summed E-state index contributed by atoms with van der Waals surface area (Å²) in [5.74, 6) is -0.213. The second kappa shape index (κ2) is 9.30. The van der Waals surface area contributed by atoms with Gasteiger partial charge in [0.15, 0.2) is 0 Å². The van der Waals surface area contributed by atoms with Crippen LogP contribution in [0.15, 0.2) is 56.7 Å². The van der Waals surface area contributed by atoms with E-state index < -0.39 is 28.5 Å². The van der Waals surface area contributed by atoms with E-state index in [1.165, 1.54) is 4.57 Å². The summed E-state index contributed by atoms with van der Waals surface area (Å²) in [5, 5.41) is 15.4. The molecule has 0 fully saturated rings. The van der Waals surface area contributed by atoms with Gasteiger partial charge in [-0.05, 0) is 63.5 Å². The summed E-state index contributed by atoms with van der Waals surface area (Å²) < 4.78 is 41.4. The van der Waals surface area contributed by atoms with Crippen LogP contribution in [-0.4, -0.2) is 21.9 Å². The summed E-state index contributed by atoms with van der Waals surface area (Å²) in [7, 11) is 0. The lowest BCUT2D eigenvalue weighted by molar-refractivity contribution is -0.0885. The van der Waals surface area contributed by atoms with Crippen molar-refractivity contribution in [3.8, 4) is 6.07 Å². The van der Waals surface area contributed by atoms with Crippen LogP contribution in [-0.2, 0) is 5.54 Å². The van der Waals surface area contributed by atoms with Gasteiger partial charge in [0, 0.05) is 23.5 Å². The molecule has 2 heterocycles. The Balaban J connectivity index is 1.93. The average Bonchev–Trinajstić information content (AvgIpc) is 3.15. The van der Waals surface area contributed by atoms with E-state index in [4.69, 9.17) is 5.26 Å². The third-order valence-corrected chi connectivity index (χ3v) is 6.92. The Kier molecular flexibility index (Phi) is 6.52. The van der Waals surface area contributed by atoms with Crippen LogP contribution in [0.1, 0.15) is 56.4 Å². The topological polar surface area (TPSA) is 94.2 Å². The SMILES string of the molecule is CCCC1C=NN(c2ccc(C#N)cc2)C1(C)c1c(C)n(C2=CC(C(F)(F)F)=CCC2)c(=O)[nH]c1=O. The van der Waals surface area contributed by atoms with Gasteiger partial charge in [0.1, 0.15) is 5.54 Å². The van der Waals surface area contributed by atoms with E-state index in [1.54, 1.807) is 42.4 Å². The van der Waals surface area contributed by atoms with E-state index in [0.717, 1.165) is 18.6 Å². The number of allylic oxidation sites excluding steroid dienone is 4. The first-order valence-electron chi connectivity index (χ1n) is 11.7. The molecule has 2 unspecified atom stereocenters. The predicted octanol–water partition coefficient (Wildman–Crippen LogP) is 4.98. The number of alkyl halides is 3. The second-order valence-corrected chi connectivity index (χ2v) is 9.16. The van der Waals surface area contributed by atoms with Gasteiger partial charge in [-0.2, -0.15) is 23.5 Å². The van der Waals surface area contributed by atoms with Crippen LogP contribution in [0, 0.1) is 24.2 Å². The van der Waals surface area contributed by atoms with Gasteiger partial charge >= 0.3 is 11.9 Å². The van der Waals surface area contributed by atoms with Crippen LogP contribution in [0.25, 0.3) is 5.70 Å². The maximum Gasteiger partial charge on any atom is 0.416 e. The molecule has 2 aromatic rings. The number of rotatable bonds is 5. The number of benzene rings is 1. The minimum atomic E-state index is -4.54. The highest BCUT2D eigenvalue weighted by molar-refractivity contribution is 5.73. The Morgan fingerprint density at radius 3 is 2.56 bits per heavy atom. The largest absolute Gasteiger partial charge is 0.416 e. The normalized spacial score (nSPS) is 21.8. The number of hydrazone groups is 1. The first-order chi connectivity index (χ1) is 17.0. The number of nitrogens with zero attached hydrogens (tertiary/aromatic N) is 4. The molecule has 1 aliphatic heterocycles. The molecule has 1 aromatic carbocycles. The summed E-state index contributed by atoms with van der Waals surface area (Å²) in [6.07, 6.45) is 1.12. The van der Waals surface area contributed by atoms with Crippen LogP contribution < -0.4 is 16.3 Å². The number of nitrogens with one attached hydrogen (secondary N) is 1. The van der Waals surface area contributed by atoms with Crippen molar-refractivity contribution in [1.29, 1.82) is 5.26 Å². The molecule has 10 heteroatoms. The lowest BCUT2D eigenvalue weighted by Crippen LogP contribution is -2.49. The van der Waals surface area contributed by atoms with Crippen molar-refractivity contribution >= 4 is 17.6 Å². The summed E-state index contributed by atoms with van der Waals surface area (Å²) in [6.45, 7) is 5.44. The Morgan fingerprint density at radius 2 is 1.94 bits per heavy atom. The van der Waals surface area contributed by atoms with Gasteiger partial charge in [-0.15, -0.1) is 0 Å². The number of aromatic nitrogens is 2. The number of hydrogen-bond donors (Lipinski definition) is 1. The lowest BCUT2D eigenvalue weighted by Gasteiger charge is -2.39. The fourth-order valence-electron chi connectivity index (χ4n) is 5.19. The first kappa shape index (κ1) is 25.2. The number of halogens is 3. The molecule has 0 saturated heterocycles. The number of hydrogen-bond acceptors (Lipinski definition) is 5. The molecule has 1 aliphatic carbocycles. The number of anilines is 1. The van der Waals surface area contributed by atoms with E-state index >= 15 is 0 Å². The summed E-state index contributed by atoms with van der Waals surface area (Å²) in [4.78, 5) is 28.6. The van der Waals surface area contributed by atoms with Crippen molar-refractivity contribution in [1.82, 2.24) is 9.55 Å². The molecule has 188 valence electrons. The van der Waals surface area contributed by atoms with Gasteiger partial charge in [-0.1, -0.05) is 19.4 Å². The fraction of sp³-hybridized carbons (Fsp3) is 0.385. The third-order valence-electron chi connectivity index (χ3n) is 6.92. The van der Waals surface area contributed by atoms with Crippen LogP contribution in [0.4, 0.5) is 18.9 Å². The smallest absolute Gasteiger partial charge is 0.273 e. The summed E-state index contributed by atoms with van der Waals surface area (Å²) >= 11 is 0. The van der Waals surface area contributed by atoms with E-state index in [-0.39, 0.29) is 35.7 Å². The molecule has 0 saturated carbocycles. The van der Waals surface area contributed by atoms with Crippen LogP contribution >= 0.6 is 0 Å². The molecule has 1 aromatic heterocycles. The van der Waals surface area contributed by atoms with Gasteiger partial charge in [0.25, 0.3) is 5.56 Å². The molecular weight excluding hydrogens is 471 g/mol. The monoisotopic (exact) mass is 497 g/mol. The molecular formula is C26H26F3N5O2. The zero-order valence-corrected chi connectivity index (χ0v) is 20.2. The van der Waals surface area contributed by atoms with E-state index in [9.17, 15) is 22.8 Å². The summed E-state index contributed by atoms with van der Waals surface area (Å²) in [6, 6.07) is 8.82. The molecule has 36 heavy (non-hydrogen) atoms. The van der Waals surface area contributed by atoms with Crippen molar-refractivity contribution in [3.63, 3.8) is 0 Å². The predicted molar refractivity (Wildman–Crippen MR) is 132 cm³/mol. The molecule has 7 nitrogen and oxygen atoms in total. The molecule has 0 bridgehead atoms. The number of nitriles is 1. The molecule has 1 N–H and O–H groups in total. The molecule has 2 aliphatic rings. The van der Waals surface area contributed by atoms with Crippen LogP contribution in [0.5, 0.6) is 0 Å². The molecule has 0 spiro atoms. The average molecular weight is 498 g/mol. The van der Waals surface area contributed by atoms with E-state index in [1.807, 2.05) is 13.8 Å². The number of H-pyrrole nitrogens is 1. The minimum Gasteiger partial charge on any atom is -0.273 e. The maximum absolute atomic E-state index is 13.4. The molecule has 0 amide bonds. The molecule has 0 radical (unpaired) electrons. The summed E-state index contributed by atoms with van der Waals surface area (Å²) in [5.41, 5.74) is -1.44. The highest BCUT2D eigenvalue weighted by Gasteiger charge is 2.48. The molecule has 4 rings (SSSR count). The maximum atomic E-state index is 13.4. The Morgan fingerprint density at radius 1 is 1.25 bits per heavy atom. The van der Waals surface area contributed by atoms with Crippen molar-refractivity contribution in [2.24, 2.45) is 11.0 Å². The third kappa shape index (κ3) is 4.19. The van der Waals surface area contributed by atoms with Gasteiger partial charge in [-0.3, -0.25) is 19.4 Å². The van der Waals surface area contributed by atoms with Crippen molar-refractivity contribution in [2.45, 2.75) is 58.2 Å². The van der Waals surface area contributed by atoms with Gasteiger partial charge < -0.3 is 0 Å². The van der Waals surface area contributed by atoms with Crippen LogP contribution in [0.2, 0.25) is 0 Å². The zero-order chi connectivity index (χ0) is 26.3.